The number of rotatable bonds is 5. The van der Waals surface area contributed by atoms with Gasteiger partial charge in [-0.15, -0.1) is 11.3 Å². The van der Waals surface area contributed by atoms with Crippen molar-refractivity contribution in [2.75, 3.05) is 18.1 Å². The largest absolute Gasteiger partial charge is 0.309 e. The van der Waals surface area contributed by atoms with Gasteiger partial charge in [-0.25, -0.2) is 0 Å². The molecule has 1 aromatic rings. The van der Waals surface area contributed by atoms with Crippen molar-refractivity contribution in [2.45, 2.75) is 36.8 Å². The molecule has 0 aromatic carbocycles. The maximum atomic E-state index is 6.09. The molecular weight excluding hydrogens is 302 g/mol. The topological polar surface area (TPSA) is 12.0 Å². The SMILES string of the molecule is CCNC(c1ccc(Cl)s1)C1SCCSC1CC. The number of halogens is 1. The third-order valence-corrected chi connectivity index (χ3v) is 7.81. The molecule has 0 spiro atoms. The van der Waals surface area contributed by atoms with Gasteiger partial charge in [0.25, 0.3) is 0 Å². The third kappa shape index (κ3) is 3.60. The van der Waals surface area contributed by atoms with Gasteiger partial charge < -0.3 is 5.32 Å². The third-order valence-electron chi connectivity index (χ3n) is 3.15. The summed E-state index contributed by atoms with van der Waals surface area (Å²) in [5.74, 6) is 2.57. The second-order valence-electron chi connectivity index (χ2n) is 4.33. The minimum Gasteiger partial charge on any atom is -0.309 e. The summed E-state index contributed by atoms with van der Waals surface area (Å²) in [4.78, 5) is 1.39. The lowest BCUT2D eigenvalue weighted by molar-refractivity contribution is 0.520. The maximum Gasteiger partial charge on any atom is 0.0931 e. The van der Waals surface area contributed by atoms with Crippen molar-refractivity contribution in [1.82, 2.24) is 5.32 Å². The second-order valence-corrected chi connectivity index (χ2v) is 8.71. The highest BCUT2D eigenvalue weighted by Crippen LogP contribution is 2.42. The first kappa shape index (κ1) is 15.0. The van der Waals surface area contributed by atoms with Crippen molar-refractivity contribution in [2.24, 2.45) is 0 Å². The van der Waals surface area contributed by atoms with E-state index in [0.29, 0.717) is 11.3 Å². The molecule has 3 unspecified atom stereocenters. The Morgan fingerprint density at radius 3 is 2.72 bits per heavy atom. The Bertz CT molecular complexity index is 369. The van der Waals surface area contributed by atoms with Crippen molar-refractivity contribution in [3.05, 3.63) is 21.3 Å². The minimum absolute atomic E-state index is 0.454. The number of hydrogen-bond donors (Lipinski definition) is 1. The minimum atomic E-state index is 0.454. The quantitative estimate of drug-likeness (QED) is 0.845. The summed E-state index contributed by atoms with van der Waals surface area (Å²) in [7, 11) is 0. The van der Waals surface area contributed by atoms with Gasteiger partial charge in [-0.3, -0.25) is 0 Å². The van der Waals surface area contributed by atoms with Gasteiger partial charge in [0, 0.05) is 26.9 Å². The molecule has 3 atom stereocenters. The summed E-state index contributed by atoms with van der Waals surface area (Å²) in [6.07, 6.45) is 1.25. The molecule has 0 radical (unpaired) electrons. The van der Waals surface area contributed by atoms with Gasteiger partial charge in [0.15, 0.2) is 0 Å². The molecular formula is C13H20ClNS3. The van der Waals surface area contributed by atoms with E-state index in [-0.39, 0.29) is 0 Å². The van der Waals surface area contributed by atoms with Crippen molar-refractivity contribution >= 4 is 46.5 Å². The fraction of sp³-hybridized carbons (Fsp3) is 0.692. The molecule has 1 N–H and O–H groups in total. The molecule has 2 heterocycles. The average molecular weight is 322 g/mol. The summed E-state index contributed by atoms with van der Waals surface area (Å²) in [5.41, 5.74) is 0. The number of hydrogen-bond acceptors (Lipinski definition) is 4. The standard InChI is InChI=1S/C13H20ClNS3/c1-3-9-13(17-8-7-16-9)12(15-4-2)10-5-6-11(14)18-10/h5-6,9,12-13,15H,3-4,7-8H2,1-2H3. The van der Waals surface area contributed by atoms with E-state index in [1.165, 1.54) is 22.8 Å². The van der Waals surface area contributed by atoms with Crippen LogP contribution in [0.1, 0.15) is 31.2 Å². The van der Waals surface area contributed by atoms with Gasteiger partial charge in [-0.1, -0.05) is 25.4 Å². The number of thiophene rings is 1. The van der Waals surface area contributed by atoms with Crippen LogP contribution in [0, 0.1) is 0 Å². The first-order chi connectivity index (χ1) is 8.76. The molecule has 1 aliphatic rings. The zero-order valence-electron chi connectivity index (χ0n) is 10.8. The van der Waals surface area contributed by atoms with Crippen molar-refractivity contribution in [3.8, 4) is 0 Å². The Hall–Kier alpha value is 0.650. The van der Waals surface area contributed by atoms with Crippen molar-refractivity contribution < 1.29 is 0 Å². The fourth-order valence-corrected chi connectivity index (χ4v) is 6.85. The normalized spacial score (nSPS) is 26.2. The molecule has 1 aromatic heterocycles. The Morgan fingerprint density at radius 2 is 2.11 bits per heavy atom. The van der Waals surface area contributed by atoms with Gasteiger partial charge in [-0.2, -0.15) is 23.5 Å². The molecule has 0 bridgehead atoms. The lowest BCUT2D eigenvalue weighted by Gasteiger charge is -2.36. The van der Waals surface area contributed by atoms with E-state index in [1.54, 1.807) is 11.3 Å². The zero-order valence-corrected chi connectivity index (χ0v) is 14.0. The molecule has 2 rings (SSSR count). The van der Waals surface area contributed by atoms with E-state index in [2.05, 4.69) is 48.8 Å². The van der Waals surface area contributed by atoms with Crippen LogP contribution >= 0.6 is 46.5 Å². The Morgan fingerprint density at radius 1 is 1.33 bits per heavy atom. The zero-order chi connectivity index (χ0) is 13.0. The van der Waals surface area contributed by atoms with E-state index >= 15 is 0 Å². The van der Waals surface area contributed by atoms with Gasteiger partial charge in [0.05, 0.1) is 10.4 Å². The molecule has 102 valence electrons. The molecule has 1 nitrogen and oxygen atoms in total. The molecule has 0 saturated carbocycles. The Kier molecular flexibility index (Phi) is 6.22. The van der Waals surface area contributed by atoms with Crippen LogP contribution in [0.15, 0.2) is 12.1 Å². The van der Waals surface area contributed by atoms with Crippen LogP contribution in [0.2, 0.25) is 4.34 Å². The smallest absolute Gasteiger partial charge is 0.0931 e. The summed E-state index contributed by atoms with van der Waals surface area (Å²) in [6, 6.07) is 4.66. The summed E-state index contributed by atoms with van der Waals surface area (Å²) < 4.78 is 0.898. The van der Waals surface area contributed by atoms with E-state index in [9.17, 15) is 0 Å². The highest BCUT2D eigenvalue weighted by atomic mass is 35.5. The second kappa shape index (κ2) is 7.44. The van der Waals surface area contributed by atoms with Crippen LogP contribution in [0.5, 0.6) is 0 Å². The van der Waals surface area contributed by atoms with Gasteiger partial charge in [0.2, 0.25) is 0 Å². The monoisotopic (exact) mass is 321 g/mol. The highest BCUT2D eigenvalue weighted by Gasteiger charge is 2.33. The van der Waals surface area contributed by atoms with E-state index in [1.807, 2.05) is 6.07 Å². The number of nitrogens with one attached hydrogen (secondary N) is 1. The van der Waals surface area contributed by atoms with Crippen LogP contribution in [0.4, 0.5) is 0 Å². The van der Waals surface area contributed by atoms with Crippen LogP contribution in [-0.4, -0.2) is 28.6 Å². The summed E-state index contributed by atoms with van der Waals surface area (Å²) >= 11 is 12.1. The summed E-state index contributed by atoms with van der Waals surface area (Å²) in [6.45, 7) is 5.50. The van der Waals surface area contributed by atoms with Crippen LogP contribution in [-0.2, 0) is 0 Å². The molecule has 18 heavy (non-hydrogen) atoms. The van der Waals surface area contributed by atoms with Gasteiger partial charge >= 0.3 is 0 Å². The average Bonchev–Trinajstić information content (AvgIpc) is 2.82. The predicted molar refractivity (Wildman–Crippen MR) is 88.5 cm³/mol. The van der Waals surface area contributed by atoms with Gasteiger partial charge in [0.1, 0.15) is 0 Å². The predicted octanol–water partition coefficient (Wildman–Crippen LogP) is 4.68. The lowest BCUT2D eigenvalue weighted by Crippen LogP contribution is -2.38. The molecule has 1 aliphatic heterocycles. The van der Waals surface area contributed by atoms with E-state index < -0.39 is 0 Å². The first-order valence-electron chi connectivity index (χ1n) is 6.48. The maximum absolute atomic E-state index is 6.09. The first-order valence-corrected chi connectivity index (χ1v) is 9.77. The van der Waals surface area contributed by atoms with Crippen molar-refractivity contribution in [1.29, 1.82) is 0 Å². The van der Waals surface area contributed by atoms with Crippen LogP contribution in [0.3, 0.4) is 0 Å². The Labute approximate surface area is 127 Å². The molecule has 0 aliphatic carbocycles. The van der Waals surface area contributed by atoms with Crippen LogP contribution in [0.25, 0.3) is 0 Å². The molecule has 0 amide bonds. The van der Waals surface area contributed by atoms with E-state index in [0.717, 1.165) is 16.1 Å². The Balaban J connectivity index is 2.17. The highest BCUT2D eigenvalue weighted by molar-refractivity contribution is 8.07. The van der Waals surface area contributed by atoms with E-state index in [4.69, 9.17) is 11.6 Å². The van der Waals surface area contributed by atoms with Crippen molar-refractivity contribution in [3.63, 3.8) is 0 Å². The molecule has 5 heteroatoms. The van der Waals surface area contributed by atoms with Gasteiger partial charge in [-0.05, 0) is 25.1 Å². The number of thioether (sulfide) groups is 2. The molecule has 1 saturated heterocycles. The lowest BCUT2D eigenvalue weighted by atomic mass is 10.1. The summed E-state index contributed by atoms with van der Waals surface area (Å²) in [5, 5.41) is 5.09. The molecule has 1 fully saturated rings. The fourth-order valence-electron chi connectivity index (χ4n) is 2.34. The van der Waals surface area contributed by atoms with Crippen LogP contribution < -0.4 is 5.32 Å².